The predicted molar refractivity (Wildman–Crippen MR) is 127 cm³/mol. The first-order chi connectivity index (χ1) is 15.9. The fourth-order valence-electron chi connectivity index (χ4n) is 3.33. The molecule has 1 aromatic heterocycles. The minimum atomic E-state index is -0.356. The number of anilines is 1. The summed E-state index contributed by atoms with van der Waals surface area (Å²) in [4.78, 5) is 31.3. The van der Waals surface area contributed by atoms with Crippen molar-refractivity contribution >= 4 is 17.8 Å². The number of imidazole rings is 1. The molecule has 0 spiro atoms. The van der Waals surface area contributed by atoms with Crippen molar-refractivity contribution in [3.05, 3.63) is 65.9 Å². The van der Waals surface area contributed by atoms with Crippen molar-refractivity contribution in [3.8, 4) is 16.9 Å². The molecule has 0 unspecified atom stereocenters. The highest BCUT2D eigenvalue weighted by Gasteiger charge is 2.19. The first kappa shape index (κ1) is 24.2. The second-order valence-corrected chi connectivity index (χ2v) is 7.74. The Bertz CT molecular complexity index is 1100. The van der Waals surface area contributed by atoms with E-state index in [2.05, 4.69) is 23.3 Å². The Kier molecular flexibility index (Phi) is 8.34. The van der Waals surface area contributed by atoms with Crippen LogP contribution in [0.3, 0.4) is 0 Å². The Morgan fingerprint density at radius 2 is 1.79 bits per heavy atom. The Hall–Kier alpha value is -3.49. The lowest BCUT2D eigenvalue weighted by atomic mass is 10.1. The van der Waals surface area contributed by atoms with Crippen molar-refractivity contribution in [2.24, 2.45) is 0 Å². The van der Waals surface area contributed by atoms with Gasteiger partial charge in [0.15, 0.2) is 0 Å². The molecular formula is C25H30N4O4. The van der Waals surface area contributed by atoms with E-state index in [0.717, 1.165) is 22.5 Å². The summed E-state index contributed by atoms with van der Waals surface area (Å²) in [5, 5.41) is 2.87. The largest absolute Gasteiger partial charge is 0.383 e. The highest BCUT2D eigenvalue weighted by molar-refractivity contribution is 5.94. The lowest BCUT2D eigenvalue weighted by Crippen LogP contribution is -2.41. The SMILES string of the molecule is COCCN(CC(=O)Nc1nc(-c2ccccc2)cn1-c1ccc(C)c(C)c1)C(=O)COC. The molecule has 33 heavy (non-hydrogen) atoms. The van der Waals surface area contributed by atoms with Gasteiger partial charge in [-0.1, -0.05) is 36.4 Å². The van der Waals surface area contributed by atoms with Gasteiger partial charge in [-0.05, 0) is 37.1 Å². The third-order valence-corrected chi connectivity index (χ3v) is 5.32. The van der Waals surface area contributed by atoms with Gasteiger partial charge in [-0.15, -0.1) is 0 Å². The first-order valence-corrected chi connectivity index (χ1v) is 10.7. The van der Waals surface area contributed by atoms with Crippen molar-refractivity contribution < 1.29 is 19.1 Å². The van der Waals surface area contributed by atoms with Gasteiger partial charge in [0.2, 0.25) is 17.8 Å². The molecule has 3 rings (SSSR count). The molecule has 0 fully saturated rings. The van der Waals surface area contributed by atoms with E-state index in [4.69, 9.17) is 9.47 Å². The summed E-state index contributed by atoms with van der Waals surface area (Å²) in [7, 11) is 2.99. The molecule has 0 saturated heterocycles. The number of methoxy groups -OCH3 is 2. The van der Waals surface area contributed by atoms with E-state index in [1.165, 1.54) is 17.6 Å². The van der Waals surface area contributed by atoms with Gasteiger partial charge in [0.05, 0.1) is 12.3 Å². The molecular weight excluding hydrogens is 420 g/mol. The number of rotatable bonds is 10. The number of benzene rings is 2. The minimum Gasteiger partial charge on any atom is -0.383 e. The molecule has 8 nitrogen and oxygen atoms in total. The van der Waals surface area contributed by atoms with Crippen molar-refractivity contribution in [2.45, 2.75) is 13.8 Å². The van der Waals surface area contributed by atoms with Crippen molar-refractivity contribution in [1.29, 1.82) is 0 Å². The number of amides is 2. The van der Waals surface area contributed by atoms with Crippen LogP contribution in [0, 0.1) is 13.8 Å². The summed E-state index contributed by atoms with van der Waals surface area (Å²) in [5.41, 5.74) is 4.87. The summed E-state index contributed by atoms with van der Waals surface area (Å²) < 4.78 is 11.9. The van der Waals surface area contributed by atoms with Crippen LogP contribution in [0.1, 0.15) is 11.1 Å². The van der Waals surface area contributed by atoms with Crippen LogP contribution < -0.4 is 5.32 Å². The number of nitrogens with one attached hydrogen (secondary N) is 1. The average Bonchev–Trinajstić information content (AvgIpc) is 3.22. The number of hydrogen-bond donors (Lipinski definition) is 1. The third-order valence-electron chi connectivity index (χ3n) is 5.32. The number of aromatic nitrogens is 2. The smallest absolute Gasteiger partial charge is 0.249 e. The molecule has 0 radical (unpaired) electrons. The van der Waals surface area contributed by atoms with Gasteiger partial charge in [-0.3, -0.25) is 19.5 Å². The van der Waals surface area contributed by atoms with Crippen LogP contribution >= 0.6 is 0 Å². The second kappa shape index (κ2) is 11.4. The molecule has 0 atom stereocenters. The first-order valence-electron chi connectivity index (χ1n) is 10.7. The van der Waals surface area contributed by atoms with Gasteiger partial charge < -0.3 is 14.4 Å². The van der Waals surface area contributed by atoms with Gasteiger partial charge in [0, 0.05) is 38.2 Å². The Morgan fingerprint density at radius 3 is 2.45 bits per heavy atom. The maximum absolute atomic E-state index is 12.9. The summed E-state index contributed by atoms with van der Waals surface area (Å²) >= 11 is 0. The third kappa shape index (κ3) is 6.27. The van der Waals surface area contributed by atoms with Crippen LogP contribution in [0.25, 0.3) is 16.9 Å². The van der Waals surface area contributed by atoms with E-state index in [0.29, 0.717) is 12.6 Å². The maximum Gasteiger partial charge on any atom is 0.249 e. The zero-order valence-electron chi connectivity index (χ0n) is 19.5. The highest BCUT2D eigenvalue weighted by Crippen LogP contribution is 2.25. The van der Waals surface area contributed by atoms with Crippen molar-refractivity contribution in [2.75, 3.05) is 45.8 Å². The Labute approximate surface area is 194 Å². The van der Waals surface area contributed by atoms with E-state index in [9.17, 15) is 9.59 Å². The molecule has 0 saturated carbocycles. The van der Waals surface area contributed by atoms with Crippen molar-refractivity contribution in [3.63, 3.8) is 0 Å². The fourth-order valence-corrected chi connectivity index (χ4v) is 3.33. The van der Waals surface area contributed by atoms with E-state index < -0.39 is 0 Å². The molecule has 0 aliphatic heterocycles. The second-order valence-electron chi connectivity index (χ2n) is 7.74. The van der Waals surface area contributed by atoms with Crippen LogP contribution in [-0.2, 0) is 19.1 Å². The topological polar surface area (TPSA) is 85.7 Å². The van der Waals surface area contributed by atoms with Crippen LogP contribution in [0.15, 0.2) is 54.7 Å². The zero-order chi connectivity index (χ0) is 23.8. The zero-order valence-corrected chi connectivity index (χ0v) is 19.5. The van der Waals surface area contributed by atoms with Gasteiger partial charge >= 0.3 is 0 Å². The quantitative estimate of drug-likeness (QED) is 0.513. The summed E-state index contributed by atoms with van der Waals surface area (Å²) in [6.45, 7) is 4.46. The fraction of sp³-hybridized carbons (Fsp3) is 0.320. The monoisotopic (exact) mass is 450 g/mol. The highest BCUT2D eigenvalue weighted by atomic mass is 16.5. The van der Waals surface area contributed by atoms with E-state index in [-0.39, 0.29) is 31.5 Å². The molecule has 0 bridgehead atoms. The maximum atomic E-state index is 12.9. The number of aryl methyl sites for hydroxylation is 2. The number of carbonyl (C=O) groups excluding carboxylic acids is 2. The molecule has 174 valence electrons. The van der Waals surface area contributed by atoms with Gasteiger partial charge in [0.1, 0.15) is 13.2 Å². The predicted octanol–water partition coefficient (Wildman–Crippen LogP) is 3.22. The minimum absolute atomic E-state index is 0.105. The van der Waals surface area contributed by atoms with Crippen LogP contribution in [-0.4, -0.2) is 66.8 Å². The van der Waals surface area contributed by atoms with Crippen LogP contribution in [0.5, 0.6) is 0 Å². The Balaban J connectivity index is 1.90. The Morgan fingerprint density at radius 1 is 1.03 bits per heavy atom. The normalized spacial score (nSPS) is 10.8. The van der Waals surface area contributed by atoms with Gasteiger partial charge in [-0.2, -0.15) is 0 Å². The molecule has 2 amide bonds. The van der Waals surface area contributed by atoms with E-state index in [1.54, 1.807) is 7.11 Å². The van der Waals surface area contributed by atoms with Gasteiger partial charge in [0.25, 0.3) is 0 Å². The molecule has 2 aromatic carbocycles. The molecule has 1 N–H and O–H groups in total. The number of nitrogens with zero attached hydrogens (tertiary/aromatic N) is 3. The molecule has 3 aromatic rings. The van der Waals surface area contributed by atoms with Crippen LogP contribution in [0.2, 0.25) is 0 Å². The lowest BCUT2D eigenvalue weighted by molar-refractivity contribution is -0.138. The number of hydrogen-bond acceptors (Lipinski definition) is 5. The summed E-state index contributed by atoms with van der Waals surface area (Å²) in [5.74, 6) is -0.258. The summed E-state index contributed by atoms with van der Waals surface area (Å²) in [6, 6.07) is 15.8. The average molecular weight is 451 g/mol. The number of carbonyl (C=O) groups is 2. The number of ether oxygens (including phenoxy) is 2. The molecule has 1 heterocycles. The molecule has 0 aliphatic rings. The van der Waals surface area contributed by atoms with Gasteiger partial charge in [-0.25, -0.2) is 4.98 Å². The lowest BCUT2D eigenvalue weighted by Gasteiger charge is -2.21. The van der Waals surface area contributed by atoms with Crippen LogP contribution in [0.4, 0.5) is 5.95 Å². The standard InChI is InChI=1S/C25H30N4O4/c1-18-10-11-21(14-19(18)2)29-15-22(20-8-6-5-7-9-20)26-25(29)27-23(30)16-28(12-13-32-3)24(31)17-33-4/h5-11,14-15H,12-13,16-17H2,1-4H3,(H,26,27,30). The van der Waals surface area contributed by atoms with E-state index in [1.807, 2.05) is 60.2 Å². The van der Waals surface area contributed by atoms with E-state index >= 15 is 0 Å². The molecule has 8 heteroatoms. The molecule has 0 aliphatic carbocycles. The summed E-state index contributed by atoms with van der Waals surface area (Å²) in [6.07, 6.45) is 1.90. The van der Waals surface area contributed by atoms with Crippen molar-refractivity contribution in [1.82, 2.24) is 14.5 Å².